The highest BCUT2D eigenvalue weighted by atomic mass is 15.3. The van der Waals surface area contributed by atoms with Crippen LogP contribution in [0, 0.1) is 0 Å². The molecule has 0 bridgehead atoms. The Labute approximate surface area is 134 Å². The summed E-state index contributed by atoms with van der Waals surface area (Å²) in [7, 11) is 0. The summed E-state index contributed by atoms with van der Waals surface area (Å²) in [6.45, 7) is 7.76. The second kappa shape index (κ2) is 10.8. The molecular weight excluding hydrogens is 274 g/mol. The first-order chi connectivity index (χ1) is 10.7. The minimum absolute atomic E-state index is 0.0299. The molecule has 4 N–H and O–H groups in total. The van der Waals surface area contributed by atoms with E-state index in [4.69, 9.17) is 11.5 Å². The molecule has 0 fully saturated rings. The third kappa shape index (κ3) is 7.78. The molecule has 1 rings (SSSR count). The second-order valence-electron chi connectivity index (χ2n) is 5.50. The monoisotopic (exact) mass is 303 g/mol. The molecule has 0 aliphatic heterocycles. The van der Waals surface area contributed by atoms with Crippen molar-refractivity contribution in [1.29, 1.82) is 0 Å². The molecule has 0 saturated heterocycles. The first-order valence-corrected chi connectivity index (χ1v) is 8.09. The lowest BCUT2D eigenvalue weighted by atomic mass is 10.1. The molecule has 5 nitrogen and oxygen atoms in total. The van der Waals surface area contributed by atoms with E-state index in [9.17, 15) is 0 Å². The van der Waals surface area contributed by atoms with Gasteiger partial charge < -0.3 is 11.5 Å². The van der Waals surface area contributed by atoms with Gasteiger partial charge in [-0.1, -0.05) is 44.9 Å². The molecule has 22 heavy (non-hydrogen) atoms. The summed E-state index contributed by atoms with van der Waals surface area (Å²) in [5, 5.41) is 7.48. The standard InChI is InChI=1S/C17H29N5/c1-3-5-10-22(11-6-4-2)14-16-9-7-8-15(12-16)13-20-21-17(18)19/h7-9,12-13H,3-6,10-11,14H2,1-2H3,(H4,18,19,21). The summed E-state index contributed by atoms with van der Waals surface area (Å²) in [6, 6.07) is 8.33. The molecule has 0 unspecified atom stereocenters. The molecule has 1 aromatic carbocycles. The first-order valence-electron chi connectivity index (χ1n) is 8.09. The predicted octanol–water partition coefficient (Wildman–Crippen LogP) is 2.70. The molecule has 122 valence electrons. The summed E-state index contributed by atoms with van der Waals surface area (Å²) in [5.74, 6) is -0.0299. The van der Waals surface area contributed by atoms with Crippen LogP contribution in [0.5, 0.6) is 0 Å². The third-order valence-corrected chi connectivity index (χ3v) is 3.39. The Kier molecular flexibility index (Phi) is 8.91. The average molecular weight is 303 g/mol. The number of hydrogen-bond donors (Lipinski definition) is 2. The van der Waals surface area contributed by atoms with Crippen molar-refractivity contribution in [1.82, 2.24) is 4.90 Å². The van der Waals surface area contributed by atoms with Crippen LogP contribution in [0.15, 0.2) is 34.5 Å². The molecule has 0 aliphatic rings. The van der Waals surface area contributed by atoms with Crippen molar-refractivity contribution >= 4 is 12.2 Å². The van der Waals surface area contributed by atoms with Crippen molar-refractivity contribution in [2.24, 2.45) is 21.7 Å². The van der Waals surface area contributed by atoms with Crippen LogP contribution in [0.2, 0.25) is 0 Å². The smallest absolute Gasteiger partial charge is 0.211 e. The maximum Gasteiger partial charge on any atom is 0.211 e. The Morgan fingerprint density at radius 3 is 2.41 bits per heavy atom. The fraction of sp³-hybridized carbons (Fsp3) is 0.529. The average Bonchev–Trinajstić information content (AvgIpc) is 2.50. The van der Waals surface area contributed by atoms with E-state index in [1.54, 1.807) is 6.21 Å². The van der Waals surface area contributed by atoms with E-state index in [1.165, 1.54) is 31.2 Å². The molecular formula is C17H29N5. The molecule has 0 amide bonds. The van der Waals surface area contributed by atoms with Gasteiger partial charge in [-0.3, -0.25) is 4.90 Å². The zero-order valence-corrected chi connectivity index (χ0v) is 13.8. The van der Waals surface area contributed by atoms with Crippen LogP contribution in [-0.2, 0) is 6.54 Å². The summed E-state index contributed by atoms with van der Waals surface area (Å²) in [4.78, 5) is 2.53. The molecule has 0 aromatic heterocycles. The van der Waals surface area contributed by atoms with Gasteiger partial charge in [0.15, 0.2) is 0 Å². The first kappa shape index (κ1) is 18.2. The topological polar surface area (TPSA) is 80.0 Å². The number of hydrogen-bond acceptors (Lipinski definition) is 3. The Hall–Kier alpha value is -1.88. The highest BCUT2D eigenvalue weighted by Crippen LogP contribution is 2.09. The number of benzene rings is 1. The minimum Gasteiger partial charge on any atom is -0.369 e. The summed E-state index contributed by atoms with van der Waals surface area (Å²) in [6.07, 6.45) is 6.62. The zero-order valence-electron chi connectivity index (χ0n) is 13.8. The van der Waals surface area contributed by atoms with Gasteiger partial charge in [0.2, 0.25) is 5.96 Å². The van der Waals surface area contributed by atoms with Crippen LogP contribution >= 0.6 is 0 Å². The van der Waals surface area contributed by atoms with Gasteiger partial charge >= 0.3 is 0 Å². The van der Waals surface area contributed by atoms with Crippen molar-refractivity contribution in [2.75, 3.05) is 13.1 Å². The molecule has 0 radical (unpaired) electrons. The van der Waals surface area contributed by atoms with Gasteiger partial charge in [0.05, 0.1) is 6.21 Å². The van der Waals surface area contributed by atoms with Gasteiger partial charge in [-0.15, -0.1) is 5.10 Å². The Morgan fingerprint density at radius 1 is 1.14 bits per heavy atom. The van der Waals surface area contributed by atoms with E-state index >= 15 is 0 Å². The van der Waals surface area contributed by atoms with Gasteiger partial charge in [-0.2, -0.15) is 5.10 Å². The fourth-order valence-electron chi connectivity index (χ4n) is 2.23. The van der Waals surface area contributed by atoms with E-state index < -0.39 is 0 Å². The molecule has 0 aliphatic carbocycles. The lowest BCUT2D eigenvalue weighted by molar-refractivity contribution is 0.257. The summed E-state index contributed by atoms with van der Waals surface area (Å²) >= 11 is 0. The number of nitrogens with zero attached hydrogens (tertiary/aromatic N) is 3. The van der Waals surface area contributed by atoms with Gasteiger partial charge in [-0.05, 0) is 43.1 Å². The number of nitrogens with two attached hydrogens (primary N) is 2. The fourth-order valence-corrected chi connectivity index (χ4v) is 2.23. The van der Waals surface area contributed by atoms with Crippen LogP contribution in [0.1, 0.15) is 50.7 Å². The molecule has 1 aromatic rings. The minimum atomic E-state index is -0.0299. The van der Waals surface area contributed by atoms with Crippen molar-refractivity contribution < 1.29 is 0 Å². The normalized spacial score (nSPS) is 11.2. The maximum absolute atomic E-state index is 5.25. The second-order valence-corrected chi connectivity index (χ2v) is 5.50. The van der Waals surface area contributed by atoms with Crippen LogP contribution in [0.4, 0.5) is 0 Å². The van der Waals surface area contributed by atoms with Gasteiger partial charge in [0, 0.05) is 6.54 Å². The lowest BCUT2D eigenvalue weighted by Crippen LogP contribution is -2.25. The molecule has 0 saturated carbocycles. The van der Waals surface area contributed by atoms with E-state index in [0.29, 0.717) is 0 Å². The van der Waals surface area contributed by atoms with E-state index in [1.807, 2.05) is 12.1 Å². The van der Waals surface area contributed by atoms with E-state index in [-0.39, 0.29) is 5.96 Å². The highest BCUT2D eigenvalue weighted by molar-refractivity contribution is 5.81. The summed E-state index contributed by atoms with van der Waals surface area (Å²) in [5.41, 5.74) is 12.8. The van der Waals surface area contributed by atoms with Crippen LogP contribution in [0.25, 0.3) is 0 Å². The van der Waals surface area contributed by atoms with E-state index in [0.717, 1.165) is 25.2 Å². The van der Waals surface area contributed by atoms with Crippen molar-refractivity contribution in [3.8, 4) is 0 Å². The summed E-state index contributed by atoms with van der Waals surface area (Å²) < 4.78 is 0. The van der Waals surface area contributed by atoms with Crippen LogP contribution < -0.4 is 11.5 Å². The number of unbranched alkanes of at least 4 members (excludes halogenated alkanes) is 2. The third-order valence-electron chi connectivity index (χ3n) is 3.39. The molecule has 0 heterocycles. The maximum atomic E-state index is 5.25. The van der Waals surface area contributed by atoms with Crippen LogP contribution in [-0.4, -0.2) is 30.2 Å². The van der Waals surface area contributed by atoms with Crippen molar-refractivity contribution in [3.05, 3.63) is 35.4 Å². The molecule has 0 atom stereocenters. The largest absolute Gasteiger partial charge is 0.369 e. The van der Waals surface area contributed by atoms with Crippen molar-refractivity contribution in [2.45, 2.75) is 46.1 Å². The van der Waals surface area contributed by atoms with Gasteiger partial charge in [0.25, 0.3) is 0 Å². The molecule has 5 heteroatoms. The quantitative estimate of drug-likeness (QED) is 0.396. The predicted molar refractivity (Wildman–Crippen MR) is 94.9 cm³/mol. The lowest BCUT2D eigenvalue weighted by Gasteiger charge is -2.22. The Morgan fingerprint density at radius 2 is 1.82 bits per heavy atom. The zero-order chi connectivity index (χ0) is 16.2. The van der Waals surface area contributed by atoms with Crippen molar-refractivity contribution in [3.63, 3.8) is 0 Å². The number of rotatable bonds is 10. The molecule has 0 spiro atoms. The Balaban J connectivity index is 2.69. The highest BCUT2D eigenvalue weighted by Gasteiger charge is 2.05. The number of guanidine groups is 1. The Bertz CT molecular complexity index is 470. The SMILES string of the molecule is CCCCN(CCCC)Cc1cccc(C=NN=C(N)N)c1. The van der Waals surface area contributed by atoms with Crippen LogP contribution in [0.3, 0.4) is 0 Å². The van der Waals surface area contributed by atoms with E-state index in [2.05, 4.69) is 41.1 Å². The van der Waals surface area contributed by atoms with Gasteiger partial charge in [-0.25, -0.2) is 0 Å². The van der Waals surface area contributed by atoms with Gasteiger partial charge in [0.1, 0.15) is 0 Å².